The van der Waals surface area contributed by atoms with Gasteiger partial charge in [0.2, 0.25) is 0 Å². The Bertz CT molecular complexity index is 526. The quantitative estimate of drug-likeness (QED) is 0.657. The fourth-order valence-electron chi connectivity index (χ4n) is 2.09. The van der Waals surface area contributed by atoms with E-state index < -0.39 is 0 Å². The second kappa shape index (κ2) is 2.61. The largest absolute Gasteiger partial charge is 0.359 e. The highest BCUT2D eigenvalue weighted by atomic mass is 14.9. The first kappa shape index (κ1) is 7.63. The molecule has 0 amide bonds. The Kier molecular flexibility index (Phi) is 1.42. The van der Waals surface area contributed by atoms with Crippen molar-refractivity contribution in [1.82, 2.24) is 0 Å². The summed E-state index contributed by atoms with van der Waals surface area (Å²) >= 11 is 0. The summed E-state index contributed by atoms with van der Waals surface area (Å²) in [4.78, 5) is 0. The topological polar surface area (TPSA) is 12.0 Å². The molecule has 1 heterocycles. The molecule has 1 nitrogen and oxygen atoms in total. The predicted octanol–water partition coefficient (Wildman–Crippen LogP) is 3.32. The lowest BCUT2D eigenvalue weighted by Crippen LogP contribution is -1.86. The summed E-state index contributed by atoms with van der Waals surface area (Å²) in [6, 6.07) is 12.8. The molecule has 0 saturated heterocycles. The Morgan fingerprint density at radius 3 is 2.86 bits per heavy atom. The minimum atomic E-state index is 0.955. The zero-order valence-electron chi connectivity index (χ0n) is 7.88. The molecule has 1 N–H and O–H groups in total. The fraction of sp³-hybridized carbons (Fsp3) is 0.0769. The van der Waals surface area contributed by atoms with Gasteiger partial charge in [-0.3, -0.25) is 0 Å². The molecule has 0 aromatic heterocycles. The average Bonchev–Trinajstić information content (AvgIpc) is 2.59. The number of anilines is 1. The smallest absolute Gasteiger partial charge is 0.0424 e. The number of benzene rings is 2. The van der Waals surface area contributed by atoms with Crippen molar-refractivity contribution in [2.75, 3.05) is 5.32 Å². The first-order chi connectivity index (χ1) is 6.84. The number of rotatable bonds is 0. The maximum atomic E-state index is 3.96. The van der Waals surface area contributed by atoms with Gasteiger partial charge in [0.25, 0.3) is 0 Å². The van der Waals surface area contributed by atoms with E-state index in [-0.39, 0.29) is 0 Å². The third-order valence-corrected chi connectivity index (χ3v) is 2.74. The molecular formula is C13H11N. The Labute approximate surface area is 83.1 Å². The normalized spacial score (nSPS) is 14.1. The van der Waals surface area contributed by atoms with Crippen molar-refractivity contribution in [2.24, 2.45) is 0 Å². The predicted molar refractivity (Wildman–Crippen MR) is 60.4 cm³/mol. The average molecular weight is 181 g/mol. The van der Waals surface area contributed by atoms with Crippen LogP contribution in [-0.2, 0) is 6.42 Å². The van der Waals surface area contributed by atoms with Gasteiger partial charge < -0.3 is 5.32 Å². The Balaban J connectivity index is 2.39. The maximum Gasteiger partial charge on any atom is 0.0424 e. The Morgan fingerprint density at radius 2 is 1.93 bits per heavy atom. The molecule has 0 saturated carbocycles. The molecule has 1 heteroatoms. The first-order valence-corrected chi connectivity index (χ1v) is 4.80. The summed E-state index contributed by atoms with van der Waals surface area (Å²) in [6.07, 6.45) is 0.955. The van der Waals surface area contributed by atoms with Crippen molar-refractivity contribution in [3.05, 3.63) is 54.2 Å². The van der Waals surface area contributed by atoms with Crippen molar-refractivity contribution >= 4 is 16.5 Å². The maximum absolute atomic E-state index is 3.96. The number of allylic oxidation sites excluding steroid dienone is 1. The summed E-state index contributed by atoms with van der Waals surface area (Å²) in [7, 11) is 0. The molecular weight excluding hydrogens is 170 g/mol. The molecule has 3 rings (SSSR count). The lowest BCUT2D eigenvalue weighted by Gasteiger charge is -2.03. The lowest BCUT2D eigenvalue weighted by molar-refractivity contribution is 1.28. The molecule has 1 aliphatic heterocycles. The lowest BCUT2D eigenvalue weighted by atomic mass is 10.0. The molecule has 1 aliphatic rings. The highest BCUT2D eigenvalue weighted by Gasteiger charge is 2.14. The van der Waals surface area contributed by atoms with Gasteiger partial charge in [-0.25, -0.2) is 0 Å². The van der Waals surface area contributed by atoms with Crippen LogP contribution >= 0.6 is 0 Å². The van der Waals surface area contributed by atoms with Crippen LogP contribution in [0.5, 0.6) is 0 Å². The Hall–Kier alpha value is -1.76. The minimum Gasteiger partial charge on any atom is -0.359 e. The summed E-state index contributed by atoms with van der Waals surface area (Å²) in [5.74, 6) is 0. The summed E-state index contributed by atoms with van der Waals surface area (Å²) in [5, 5.41) is 5.95. The van der Waals surface area contributed by atoms with Gasteiger partial charge in [0.15, 0.2) is 0 Å². The van der Waals surface area contributed by atoms with Gasteiger partial charge in [0.1, 0.15) is 0 Å². The van der Waals surface area contributed by atoms with Gasteiger partial charge >= 0.3 is 0 Å². The van der Waals surface area contributed by atoms with Crippen molar-refractivity contribution < 1.29 is 0 Å². The van der Waals surface area contributed by atoms with Crippen LogP contribution in [0.4, 0.5) is 5.69 Å². The molecule has 0 bridgehead atoms. The summed E-state index contributed by atoms with van der Waals surface area (Å²) in [5.41, 5.74) is 3.69. The molecule has 0 aliphatic carbocycles. The monoisotopic (exact) mass is 181 g/mol. The van der Waals surface area contributed by atoms with E-state index >= 15 is 0 Å². The van der Waals surface area contributed by atoms with Crippen LogP contribution in [0.25, 0.3) is 10.8 Å². The molecule has 0 atom stereocenters. The fourth-order valence-corrected chi connectivity index (χ4v) is 2.09. The minimum absolute atomic E-state index is 0.955. The molecule has 0 unspecified atom stereocenters. The van der Waals surface area contributed by atoms with E-state index in [0.29, 0.717) is 0 Å². The molecule has 68 valence electrons. The van der Waals surface area contributed by atoms with Crippen LogP contribution in [-0.4, -0.2) is 0 Å². The van der Waals surface area contributed by atoms with Crippen LogP contribution in [0, 0.1) is 0 Å². The van der Waals surface area contributed by atoms with E-state index in [1.807, 2.05) is 0 Å². The van der Waals surface area contributed by atoms with Crippen LogP contribution in [0.1, 0.15) is 5.56 Å². The van der Waals surface area contributed by atoms with Crippen LogP contribution in [0.15, 0.2) is 48.7 Å². The second-order valence-electron chi connectivity index (χ2n) is 3.72. The number of nitrogens with one attached hydrogen (secondary N) is 1. The van der Waals surface area contributed by atoms with E-state index in [2.05, 4.69) is 48.3 Å². The SMILES string of the molecule is C=C1Cc2c(ccc3ccccc23)N1. The molecule has 2 aromatic rings. The van der Waals surface area contributed by atoms with E-state index in [1.165, 1.54) is 22.0 Å². The zero-order valence-corrected chi connectivity index (χ0v) is 7.88. The van der Waals surface area contributed by atoms with Gasteiger partial charge in [-0.15, -0.1) is 0 Å². The summed E-state index contributed by atoms with van der Waals surface area (Å²) in [6.45, 7) is 3.96. The van der Waals surface area contributed by atoms with E-state index in [0.717, 1.165) is 12.1 Å². The van der Waals surface area contributed by atoms with Gasteiger partial charge in [0, 0.05) is 17.8 Å². The molecule has 2 aromatic carbocycles. The standard InChI is InChI=1S/C13H11N/c1-9-8-12-11-5-3-2-4-10(11)6-7-13(12)14-9/h2-7,14H,1,8H2. The van der Waals surface area contributed by atoms with Crippen LogP contribution in [0.3, 0.4) is 0 Å². The van der Waals surface area contributed by atoms with Crippen molar-refractivity contribution in [3.8, 4) is 0 Å². The molecule has 14 heavy (non-hydrogen) atoms. The van der Waals surface area contributed by atoms with Crippen molar-refractivity contribution in [1.29, 1.82) is 0 Å². The number of hydrogen-bond donors (Lipinski definition) is 1. The van der Waals surface area contributed by atoms with Crippen molar-refractivity contribution in [3.63, 3.8) is 0 Å². The first-order valence-electron chi connectivity index (χ1n) is 4.80. The second-order valence-corrected chi connectivity index (χ2v) is 3.72. The number of hydrogen-bond acceptors (Lipinski definition) is 1. The van der Waals surface area contributed by atoms with Crippen LogP contribution in [0.2, 0.25) is 0 Å². The van der Waals surface area contributed by atoms with Crippen molar-refractivity contribution in [2.45, 2.75) is 6.42 Å². The van der Waals surface area contributed by atoms with Gasteiger partial charge in [-0.1, -0.05) is 36.9 Å². The van der Waals surface area contributed by atoms with Gasteiger partial charge in [-0.05, 0) is 22.4 Å². The van der Waals surface area contributed by atoms with E-state index in [9.17, 15) is 0 Å². The Morgan fingerprint density at radius 1 is 1.07 bits per heavy atom. The highest BCUT2D eigenvalue weighted by Crippen LogP contribution is 2.33. The molecule has 0 fully saturated rings. The summed E-state index contributed by atoms with van der Waals surface area (Å²) < 4.78 is 0. The molecule has 0 radical (unpaired) electrons. The van der Waals surface area contributed by atoms with Crippen LogP contribution < -0.4 is 5.32 Å². The highest BCUT2D eigenvalue weighted by molar-refractivity contribution is 5.92. The van der Waals surface area contributed by atoms with E-state index in [4.69, 9.17) is 0 Å². The van der Waals surface area contributed by atoms with Gasteiger partial charge in [-0.2, -0.15) is 0 Å². The molecule has 0 spiro atoms. The number of fused-ring (bicyclic) bond motifs is 3. The zero-order chi connectivity index (χ0) is 9.54. The van der Waals surface area contributed by atoms with Gasteiger partial charge in [0.05, 0.1) is 0 Å². The van der Waals surface area contributed by atoms with E-state index in [1.54, 1.807) is 0 Å². The third-order valence-electron chi connectivity index (χ3n) is 2.74. The third kappa shape index (κ3) is 0.956.